The van der Waals surface area contributed by atoms with Gasteiger partial charge in [-0.25, -0.2) is 0 Å². The largest absolute Gasteiger partial charge is 0.469 e. The van der Waals surface area contributed by atoms with Crippen LogP contribution in [0.25, 0.3) is 0 Å². The quantitative estimate of drug-likeness (QED) is 0.351. The lowest BCUT2D eigenvalue weighted by Crippen LogP contribution is -2.18. The van der Waals surface area contributed by atoms with Gasteiger partial charge < -0.3 is 4.74 Å². The van der Waals surface area contributed by atoms with E-state index in [1.54, 1.807) is 0 Å². The smallest absolute Gasteiger partial charge is 0.305 e. The molecule has 0 spiro atoms. The molecule has 0 heterocycles. The van der Waals surface area contributed by atoms with Crippen molar-refractivity contribution < 1.29 is 9.53 Å². The Morgan fingerprint density at radius 1 is 0.905 bits per heavy atom. The lowest BCUT2D eigenvalue weighted by molar-refractivity contribution is -0.140. The summed E-state index contributed by atoms with van der Waals surface area (Å²) in [6, 6.07) is 0. The minimum Gasteiger partial charge on any atom is -0.469 e. The van der Waals surface area contributed by atoms with Crippen molar-refractivity contribution in [1.29, 1.82) is 0 Å². The van der Waals surface area contributed by atoms with Gasteiger partial charge in [0.2, 0.25) is 0 Å². The Kier molecular flexibility index (Phi) is 10.6. The molecule has 0 N–H and O–H groups in total. The number of methoxy groups -OCH3 is 1. The molecule has 2 nitrogen and oxygen atoms in total. The summed E-state index contributed by atoms with van der Waals surface area (Å²) in [5.41, 5.74) is 0. The summed E-state index contributed by atoms with van der Waals surface area (Å²) < 4.78 is 4.65. The summed E-state index contributed by atoms with van der Waals surface area (Å²) >= 11 is 0. The maximum atomic E-state index is 11.0. The third-order valence-corrected chi connectivity index (χ3v) is 5.27. The predicted octanol–water partition coefficient (Wildman–Crippen LogP) is 5.89. The fraction of sp³-hybridized carbons (Fsp3) is 0.947. The van der Waals surface area contributed by atoms with Gasteiger partial charge in [-0.15, -0.1) is 0 Å². The summed E-state index contributed by atoms with van der Waals surface area (Å²) in [6.45, 7) is 2.37. The van der Waals surface area contributed by atoms with Crippen molar-refractivity contribution in [3.63, 3.8) is 0 Å². The SMILES string of the molecule is CCC1CCCCC1CCCCCCCCCC(=O)OC. The van der Waals surface area contributed by atoms with Crippen LogP contribution in [-0.2, 0) is 9.53 Å². The van der Waals surface area contributed by atoms with E-state index in [0.29, 0.717) is 6.42 Å². The van der Waals surface area contributed by atoms with Gasteiger partial charge >= 0.3 is 5.97 Å². The molecular formula is C19H36O2. The van der Waals surface area contributed by atoms with Gasteiger partial charge in [0.1, 0.15) is 0 Å². The molecule has 21 heavy (non-hydrogen) atoms. The van der Waals surface area contributed by atoms with E-state index in [0.717, 1.165) is 18.3 Å². The molecule has 1 aliphatic carbocycles. The van der Waals surface area contributed by atoms with E-state index in [-0.39, 0.29) is 5.97 Å². The predicted molar refractivity (Wildman–Crippen MR) is 89.3 cm³/mol. The molecule has 1 saturated carbocycles. The number of ether oxygens (including phenoxy) is 1. The first-order chi connectivity index (χ1) is 10.3. The van der Waals surface area contributed by atoms with Gasteiger partial charge in [0, 0.05) is 6.42 Å². The second-order valence-electron chi connectivity index (χ2n) is 6.80. The Labute approximate surface area is 132 Å². The Hall–Kier alpha value is -0.530. The van der Waals surface area contributed by atoms with Crippen LogP contribution >= 0.6 is 0 Å². The molecular weight excluding hydrogens is 260 g/mol. The monoisotopic (exact) mass is 296 g/mol. The van der Waals surface area contributed by atoms with Crippen molar-refractivity contribution in [2.24, 2.45) is 11.8 Å². The molecule has 0 saturated heterocycles. The molecule has 1 rings (SSSR count). The first kappa shape index (κ1) is 18.5. The van der Waals surface area contributed by atoms with Crippen LogP contribution in [0.15, 0.2) is 0 Å². The molecule has 0 aromatic carbocycles. The normalized spacial score (nSPS) is 22.2. The Morgan fingerprint density at radius 3 is 2.10 bits per heavy atom. The lowest BCUT2D eigenvalue weighted by atomic mass is 9.75. The summed E-state index contributed by atoms with van der Waals surface area (Å²) in [5.74, 6) is 1.99. The maximum Gasteiger partial charge on any atom is 0.305 e. The summed E-state index contributed by atoms with van der Waals surface area (Å²) in [7, 11) is 1.47. The van der Waals surface area contributed by atoms with Gasteiger partial charge in [0.25, 0.3) is 0 Å². The minimum absolute atomic E-state index is 0.0621. The highest BCUT2D eigenvalue weighted by Gasteiger charge is 2.22. The van der Waals surface area contributed by atoms with Crippen molar-refractivity contribution in [2.75, 3.05) is 7.11 Å². The van der Waals surface area contributed by atoms with Crippen LogP contribution in [0, 0.1) is 11.8 Å². The average molecular weight is 296 g/mol. The molecule has 0 aromatic heterocycles. The highest BCUT2D eigenvalue weighted by molar-refractivity contribution is 5.68. The van der Waals surface area contributed by atoms with Gasteiger partial charge in [0.15, 0.2) is 0 Å². The number of carbonyl (C=O) groups is 1. The standard InChI is InChI=1S/C19H36O2/c1-3-17-13-11-12-15-18(17)14-9-7-5-4-6-8-10-16-19(20)21-2/h17-18H,3-16H2,1-2H3. The first-order valence-electron chi connectivity index (χ1n) is 9.34. The Morgan fingerprint density at radius 2 is 1.48 bits per heavy atom. The van der Waals surface area contributed by atoms with Crippen LogP contribution in [0.4, 0.5) is 0 Å². The third kappa shape index (κ3) is 8.48. The van der Waals surface area contributed by atoms with Gasteiger partial charge in [0.05, 0.1) is 7.11 Å². The van der Waals surface area contributed by atoms with Crippen LogP contribution in [-0.4, -0.2) is 13.1 Å². The van der Waals surface area contributed by atoms with Crippen molar-refractivity contribution in [3.05, 3.63) is 0 Å². The third-order valence-electron chi connectivity index (χ3n) is 5.27. The highest BCUT2D eigenvalue weighted by Crippen LogP contribution is 2.35. The van der Waals surface area contributed by atoms with Crippen molar-refractivity contribution in [2.45, 2.75) is 96.8 Å². The van der Waals surface area contributed by atoms with Crippen LogP contribution in [0.3, 0.4) is 0 Å². The Bertz CT molecular complexity index is 262. The molecule has 0 radical (unpaired) electrons. The molecule has 1 fully saturated rings. The molecule has 0 aromatic rings. The minimum atomic E-state index is -0.0621. The molecule has 0 amide bonds. The number of unbranched alkanes of at least 4 members (excludes halogenated alkanes) is 6. The van der Waals surface area contributed by atoms with E-state index in [9.17, 15) is 4.79 Å². The highest BCUT2D eigenvalue weighted by atomic mass is 16.5. The van der Waals surface area contributed by atoms with E-state index >= 15 is 0 Å². The summed E-state index contributed by atoms with van der Waals surface area (Å²) in [6.07, 6.45) is 18.4. The Balaban J connectivity index is 1.89. The molecule has 2 heteroatoms. The fourth-order valence-electron chi connectivity index (χ4n) is 3.86. The number of carbonyl (C=O) groups excluding carboxylic acids is 1. The zero-order valence-corrected chi connectivity index (χ0v) is 14.4. The van der Waals surface area contributed by atoms with E-state index in [1.165, 1.54) is 84.2 Å². The lowest BCUT2D eigenvalue weighted by Gasteiger charge is -2.30. The zero-order valence-electron chi connectivity index (χ0n) is 14.4. The number of esters is 1. The van der Waals surface area contributed by atoms with E-state index in [2.05, 4.69) is 11.7 Å². The summed E-state index contributed by atoms with van der Waals surface area (Å²) in [5, 5.41) is 0. The molecule has 124 valence electrons. The van der Waals surface area contributed by atoms with Crippen molar-refractivity contribution in [3.8, 4) is 0 Å². The van der Waals surface area contributed by atoms with Crippen molar-refractivity contribution in [1.82, 2.24) is 0 Å². The zero-order chi connectivity index (χ0) is 15.3. The maximum absolute atomic E-state index is 11.0. The van der Waals surface area contributed by atoms with Crippen molar-refractivity contribution >= 4 is 5.97 Å². The molecule has 0 aliphatic heterocycles. The first-order valence-corrected chi connectivity index (χ1v) is 9.34. The van der Waals surface area contributed by atoms with E-state index in [4.69, 9.17) is 0 Å². The average Bonchev–Trinajstić information content (AvgIpc) is 2.53. The number of hydrogen-bond acceptors (Lipinski definition) is 2. The second-order valence-corrected chi connectivity index (χ2v) is 6.80. The number of hydrogen-bond donors (Lipinski definition) is 0. The van der Waals surface area contributed by atoms with Crippen LogP contribution < -0.4 is 0 Å². The summed E-state index contributed by atoms with van der Waals surface area (Å²) in [4.78, 5) is 11.0. The number of rotatable bonds is 11. The second kappa shape index (κ2) is 12.1. The van der Waals surface area contributed by atoms with Crippen LogP contribution in [0.1, 0.15) is 96.8 Å². The van der Waals surface area contributed by atoms with Crippen LogP contribution in [0.5, 0.6) is 0 Å². The van der Waals surface area contributed by atoms with Gasteiger partial charge in [-0.05, 0) is 18.3 Å². The molecule has 2 atom stereocenters. The van der Waals surface area contributed by atoms with E-state index in [1.807, 2.05) is 0 Å². The topological polar surface area (TPSA) is 26.3 Å². The van der Waals surface area contributed by atoms with Gasteiger partial charge in [-0.3, -0.25) is 4.79 Å². The van der Waals surface area contributed by atoms with Gasteiger partial charge in [-0.2, -0.15) is 0 Å². The fourth-order valence-corrected chi connectivity index (χ4v) is 3.86. The van der Waals surface area contributed by atoms with Crippen LogP contribution in [0.2, 0.25) is 0 Å². The molecule has 1 aliphatic rings. The van der Waals surface area contributed by atoms with Gasteiger partial charge in [-0.1, -0.05) is 84.0 Å². The molecule has 0 bridgehead atoms. The van der Waals surface area contributed by atoms with E-state index < -0.39 is 0 Å². The molecule has 2 unspecified atom stereocenters.